The van der Waals surface area contributed by atoms with E-state index in [-0.39, 0.29) is 17.1 Å². The maximum Gasteiger partial charge on any atom is 0.471 e. The molecule has 3 heterocycles. The molecule has 1 saturated heterocycles. The first kappa shape index (κ1) is 23.3. The Bertz CT molecular complexity index is 1140. The van der Waals surface area contributed by atoms with E-state index in [1.807, 2.05) is 4.90 Å². The second-order valence-electron chi connectivity index (χ2n) is 7.31. The summed E-state index contributed by atoms with van der Waals surface area (Å²) in [6, 6.07) is 6.81. The van der Waals surface area contributed by atoms with E-state index in [1.165, 1.54) is 29.3 Å². The molecule has 14 heteroatoms. The first-order valence-corrected chi connectivity index (χ1v) is 9.86. The lowest BCUT2D eigenvalue weighted by Crippen LogP contribution is -2.50. The first-order chi connectivity index (χ1) is 16.0. The zero-order valence-corrected chi connectivity index (χ0v) is 17.2. The predicted octanol–water partition coefficient (Wildman–Crippen LogP) is 4.52. The number of nitrogens with one attached hydrogen (secondary N) is 1. The average Bonchev–Trinajstić information content (AvgIpc) is 3.30. The van der Waals surface area contributed by atoms with Crippen LogP contribution in [0.3, 0.4) is 0 Å². The number of carbonyl (C=O) groups excluding carboxylic acids is 1. The molecule has 1 aliphatic rings. The Labute approximate surface area is 188 Å². The molecule has 3 aromatic rings. The minimum Gasteiger partial charge on any atom is -0.353 e. The minimum atomic E-state index is -4.74. The van der Waals surface area contributed by atoms with Crippen molar-refractivity contribution in [1.29, 1.82) is 0 Å². The molecule has 1 fully saturated rings. The van der Waals surface area contributed by atoms with E-state index in [0.717, 1.165) is 12.1 Å². The van der Waals surface area contributed by atoms with E-state index in [0.29, 0.717) is 32.0 Å². The molecule has 0 radical (unpaired) electrons. The summed E-state index contributed by atoms with van der Waals surface area (Å²) in [6.07, 6.45) is -7.87. The Balaban J connectivity index is 1.32. The van der Waals surface area contributed by atoms with Gasteiger partial charge in [-0.05, 0) is 36.4 Å². The number of piperazine rings is 1. The number of rotatable bonds is 3. The topological polar surface area (TPSA) is 87.4 Å². The molecule has 34 heavy (non-hydrogen) atoms. The fourth-order valence-corrected chi connectivity index (χ4v) is 3.24. The van der Waals surface area contributed by atoms with Crippen LogP contribution in [0.2, 0.25) is 0 Å². The van der Waals surface area contributed by atoms with Gasteiger partial charge in [0, 0.05) is 43.6 Å². The van der Waals surface area contributed by atoms with Crippen molar-refractivity contribution in [3.63, 3.8) is 0 Å². The first-order valence-electron chi connectivity index (χ1n) is 9.86. The second kappa shape index (κ2) is 8.83. The molecule has 4 rings (SSSR count). The third-order valence-electron chi connectivity index (χ3n) is 5.03. The number of hydrogen-bond donors (Lipinski definition) is 1. The second-order valence-corrected chi connectivity index (χ2v) is 7.31. The Morgan fingerprint density at radius 2 is 1.59 bits per heavy atom. The van der Waals surface area contributed by atoms with Crippen LogP contribution in [0.25, 0.3) is 11.4 Å². The third kappa shape index (κ3) is 5.21. The largest absolute Gasteiger partial charge is 0.471 e. The molecule has 2 amide bonds. The van der Waals surface area contributed by atoms with Crippen LogP contribution in [0, 0.1) is 0 Å². The Hall–Kier alpha value is -3.84. The van der Waals surface area contributed by atoms with Gasteiger partial charge in [0.05, 0.1) is 5.56 Å². The highest BCUT2D eigenvalue weighted by Crippen LogP contribution is 2.31. The van der Waals surface area contributed by atoms with Gasteiger partial charge in [0.1, 0.15) is 5.82 Å². The highest BCUT2D eigenvalue weighted by molar-refractivity contribution is 5.89. The van der Waals surface area contributed by atoms with Gasteiger partial charge in [-0.25, -0.2) is 9.78 Å². The van der Waals surface area contributed by atoms with Crippen LogP contribution >= 0.6 is 0 Å². The van der Waals surface area contributed by atoms with E-state index < -0.39 is 29.8 Å². The van der Waals surface area contributed by atoms with Crippen molar-refractivity contribution in [3.05, 3.63) is 54.0 Å². The monoisotopic (exact) mass is 486 g/mol. The smallest absolute Gasteiger partial charge is 0.353 e. The van der Waals surface area contributed by atoms with Crippen LogP contribution in [0.15, 0.2) is 47.1 Å². The molecule has 1 N–H and O–H groups in total. The summed E-state index contributed by atoms with van der Waals surface area (Å²) in [7, 11) is 0. The number of halogens is 6. The van der Waals surface area contributed by atoms with Crippen molar-refractivity contribution < 1.29 is 35.7 Å². The highest BCUT2D eigenvalue weighted by atomic mass is 19.4. The number of amides is 2. The van der Waals surface area contributed by atoms with Crippen LogP contribution in [0.4, 0.5) is 42.6 Å². The van der Waals surface area contributed by atoms with Gasteiger partial charge in [-0.15, -0.1) is 0 Å². The molecule has 0 atom stereocenters. The number of aromatic nitrogens is 3. The van der Waals surface area contributed by atoms with Gasteiger partial charge >= 0.3 is 24.3 Å². The SMILES string of the molecule is O=C(Nc1ccc(C(F)(F)F)cc1)N1CCN(c2ccc(-c3noc(C(F)(F)F)n3)cn2)CC1. The third-order valence-corrected chi connectivity index (χ3v) is 5.03. The molecule has 1 aliphatic heterocycles. The van der Waals surface area contributed by atoms with Gasteiger partial charge < -0.3 is 19.6 Å². The van der Waals surface area contributed by atoms with Gasteiger partial charge in [0.15, 0.2) is 0 Å². The summed E-state index contributed by atoms with van der Waals surface area (Å²) in [5, 5.41) is 5.87. The van der Waals surface area contributed by atoms with Crippen LogP contribution in [-0.2, 0) is 12.4 Å². The molecule has 8 nitrogen and oxygen atoms in total. The standard InChI is InChI=1S/C20H16F6N6O2/c21-19(22,23)13-2-4-14(5-3-13)28-18(33)32-9-7-31(8-10-32)15-6-1-12(11-27-15)16-29-17(34-30-16)20(24,25)26/h1-6,11H,7-10H2,(H,28,33). The summed E-state index contributed by atoms with van der Waals surface area (Å²) in [6.45, 7) is 1.51. The number of hydrogen-bond acceptors (Lipinski definition) is 6. The number of carbonyl (C=O) groups is 1. The average molecular weight is 486 g/mol. The fraction of sp³-hybridized carbons (Fsp3) is 0.300. The van der Waals surface area contributed by atoms with Crippen molar-refractivity contribution in [1.82, 2.24) is 20.0 Å². The number of anilines is 2. The molecular weight excluding hydrogens is 470 g/mol. The molecule has 0 saturated carbocycles. The van der Waals surface area contributed by atoms with Crippen molar-refractivity contribution in [2.24, 2.45) is 0 Å². The minimum absolute atomic E-state index is 0.240. The number of urea groups is 1. The van der Waals surface area contributed by atoms with Crippen molar-refractivity contribution >= 4 is 17.5 Å². The van der Waals surface area contributed by atoms with Crippen molar-refractivity contribution in [2.45, 2.75) is 12.4 Å². The van der Waals surface area contributed by atoms with Gasteiger partial charge in [-0.1, -0.05) is 5.16 Å². The normalized spacial score (nSPS) is 14.9. The van der Waals surface area contributed by atoms with Gasteiger partial charge in [-0.2, -0.15) is 31.3 Å². The van der Waals surface area contributed by atoms with Crippen molar-refractivity contribution in [2.75, 3.05) is 36.4 Å². The zero-order valence-electron chi connectivity index (χ0n) is 17.2. The summed E-state index contributed by atoms with van der Waals surface area (Å²) >= 11 is 0. The van der Waals surface area contributed by atoms with E-state index in [9.17, 15) is 31.1 Å². The molecule has 180 valence electrons. The Morgan fingerprint density at radius 3 is 2.12 bits per heavy atom. The van der Waals surface area contributed by atoms with Crippen LogP contribution in [0.5, 0.6) is 0 Å². The van der Waals surface area contributed by atoms with Gasteiger partial charge in [0.2, 0.25) is 5.82 Å². The molecule has 0 bridgehead atoms. The predicted molar refractivity (Wildman–Crippen MR) is 107 cm³/mol. The van der Waals surface area contributed by atoms with E-state index in [4.69, 9.17) is 0 Å². The number of nitrogens with zero attached hydrogens (tertiary/aromatic N) is 5. The Morgan fingerprint density at radius 1 is 0.912 bits per heavy atom. The van der Waals surface area contributed by atoms with Gasteiger partial charge in [-0.3, -0.25) is 0 Å². The molecule has 0 aliphatic carbocycles. The highest BCUT2D eigenvalue weighted by Gasteiger charge is 2.38. The van der Waals surface area contributed by atoms with Crippen LogP contribution < -0.4 is 10.2 Å². The van der Waals surface area contributed by atoms with Crippen LogP contribution in [-0.4, -0.2) is 52.2 Å². The number of pyridine rings is 1. The summed E-state index contributed by atoms with van der Waals surface area (Å²) in [5.41, 5.74) is -0.317. The van der Waals surface area contributed by atoms with E-state index in [1.54, 1.807) is 6.07 Å². The van der Waals surface area contributed by atoms with Crippen LogP contribution in [0.1, 0.15) is 11.5 Å². The fourth-order valence-electron chi connectivity index (χ4n) is 3.24. The maximum atomic E-state index is 12.6. The maximum absolute atomic E-state index is 12.6. The van der Waals surface area contributed by atoms with E-state index in [2.05, 4.69) is 25.0 Å². The van der Waals surface area contributed by atoms with Gasteiger partial charge in [0.25, 0.3) is 0 Å². The zero-order chi connectivity index (χ0) is 24.5. The summed E-state index contributed by atoms with van der Waals surface area (Å²) in [4.78, 5) is 23.4. The molecular formula is C20H16F6N6O2. The van der Waals surface area contributed by atoms with E-state index >= 15 is 0 Å². The van der Waals surface area contributed by atoms with Crippen molar-refractivity contribution in [3.8, 4) is 11.4 Å². The summed E-state index contributed by atoms with van der Waals surface area (Å²) in [5.74, 6) is -1.14. The lowest BCUT2D eigenvalue weighted by molar-refractivity contribution is -0.159. The number of alkyl halides is 6. The quantitative estimate of drug-likeness (QED) is 0.548. The lowest BCUT2D eigenvalue weighted by atomic mass is 10.2. The molecule has 0 spiro atoms. The number of benzene rings is 1. The summed E-state index contributed by atoms with van der Waals surface area (Å²) < 4.78 is 79.9. The Kier molecular flexibility index (Phi) is 6.06. The lowest BCUT2D eigenvalue weighted by Gasteiger charge is -2.35. The molecule has 2 aromatic heterocycles. The molecule has 0 unspecified atom stereocenters. The molecule has 1 aromatic carbocycles.